The molecular weight excluding hydrogens is 496 g/mol. The van der Waals surface area contributed by atoms with Crippen molar-refractivity contribution in [3.63, 3.8) is 0 Å². The monoisotopic (exact) mass is 538 g/mol. The van der Waals surface area contributed by atoms with Gasteiger partial charge in [-0.2, -0.15) is 0 Å². The smallest absolute Gasteiger partial charge is 0.351 e. The van der Waals surface area contributed by atoms with Gasteiger partial charge in [0.05, 0.1) is 12.1 Å². The van der Waals surface area contributed by atoms with Gasteiger partial charge >= 0.3 is 11.9 Å². The zero-order chi connectivity index (χ0) is 27.8. The topological polar surface area (TPSA) is 136 Å². The van der Waals surface area contributed by atoms with Crippen molar-refractivity contribution in [2.45, 2.75) is 115 Å². The van der Waals surface area contributed by atoms with Crippen molar-refractivity contribution in [1.82, 2.24) is 10.2 Å². The summed E-state index contributed by atoms with van der Waals surface area (Å²) in [5.41, 5.74) is -3.37. The van der Waals surface area contributed by atoms with Crippen molar-refractivity contribution in [2.75, 3.05) is 6.54 Å². The highest BCUT2D eigenvalue weighted by Crippen LogP contribution is 2.58. The highest BCUT2D eigenvalue weighted by molar-refractivity contribution is 7.10. The fourth-order valence-corrected chi connectivity index (χ4v) is 7.10. The normalized spacial score (nSPS) is 24.0. The molecular formula is C27H42N2O7S. The number of hydrogen-bond donors (Lipinski definition) is 4. The van der Waals surface area contributed by atoms with E-state index >= 15 is 0 Å². The van der Waals surface area contributed by atoms with E-state index < -0.39 is 53.8 Å². The lowest BCUT2D eigenvalue weighted by Gasteiger charge is -2.54. The maximum atomic E-state index is 13.2. The molecule has 1 aliphatic carbocycles. The fraction of sp³-hybridized carbons (Fsp3) is 0.741. The number of thiophene rings is 1. The van der Waals surface area contributed by atoms with Crippen LogP contribution in [0.4, 0.5) is 0 Å². The van der Waals surface area contributed by atoms with Crippen LogP contribution in [0.25, 0.3) is 0 Å². The molecule has 1 aliphatic heterocycles. The van der Waals surface area contributed by atoms with Crippen molar-refractivity contribution in [1.29, 1.82) is 0 Å². The molecule has 4 N–H and O–H groups in total. The van der Waals surface area contributed by atoms with Crippen LogP contribution in [-0.4, -0.2) is 74.1 Å². The average molecular weight is 539 g/mol. The summed E-state index contributed by atoms with van der Waals surface area (Å²) in [4.78, 5) is 40.5. The minimum Gasteiger partial charge on any atom is -0.478 e. The number of rotatable bonds is 10. The van der Waals surface area contributed by atoms with Crippen molar-refractivity contribution in [3.05, 3.63) is 22.4 Å². The molecule has 4 atom stereocenters. The van der Waals surface area contributed by atoms with E-state index in [1.54, 1.807) is 32.1 Å². The molecule has 0 spiro atoms. The molecule has 2 aliphatic rings. The average Bonchev–Trinajstić information content (AvgIpc) is 3.42. The molecule has 9 nitrogen and oxygen atoms in total. The number of aliphatic hydroxyl groups is 2. The Hall–Kier alpha value is -2.01. The molecule has 2 fully saturated rings. The van der Waals surface area contributed by atoms with Crippen molar-refractivity contribution in [3.8, 4) is 0 Å². The third-order valence-corrected chi connectivity index (χ3v) is 8.35. The lowest BCUT2D eigenvalue weighted by Crippen LogP contribution is -2.61. The van der Waals surface area contributed by atoms with E-state index in [1.165, 1.54) is 11.8 Å². The van der Waals surface area contributed by atoms with Crippen LogP contribution < -0.4 is 5.32 Å². The fourth-order valence-electron chi connectivity index (χ4n) is 6.17. The zero-order valence-electron chi connectivity index (χ0n) is 22.7. The van der Waals surface area contributed by atoms with Gasteiger partial charge in [0.1, 0.15) is 11.6 Å². The molecule has 37 heavy (non-hydrogen) atoms. The first-order valence-electron chi connectivity index (χ1n) is 13.0. The predicted octanol–water partition coefficient (Wildman–Crippen LogP) is 3.03. The Bertz CT molecular complexity index is 979. The van der Waals surface area contributed by atoms with Crippen LogP contribution >= 0.6 is 11.3 Å². The summed E-state index contributed by atoms with van der Waals surface area (Å²) in [5.74, 6) is -2.58. The third-order valence-electron chi connectivity index (χ3n) is 7.23. The van der Waals surface area contributed by atoms with Crippen LogP contribution in [0.2, 0.25) is 0 Å². The SMILES string of the molecule is C[C@H](NC(O)(CC(O)CC1(c2cccs2)CC(C)(C)C1)C(=O)O)C(=O)N1CCC[C@H]1C(=O)OC(C)(C)C. The number of esters is 1. The highest BCUT2D eigenvalue weighted by Gasteiger charge is 2.52. The second-order valence-electron chi connectivity index (χ2n) is 12.6. The largest absolute Gasteiger partial charge is 0.478 e. The number of ether oxygens (including phenoxy) is 1. The quantitative estimate of drug-likeness (QED) is 0.264. The molecule has 0 radical (unpaired) electrons. The van der Waals surface area contributed by atoms with E-state index in [9.17, 15) is 29.7 Å². The minimum atomic E-state index is -2.52. The van der Waals surface area contributed by atoms with Gasteiger partial charge < -0.3 is 25.0 Å². The molecule has 1 saturated carbocycles. The number of likely N-dealkylation sites (tertiary alicyclic amines) is 1. The summed E-state index contributed by atoms with van der Waals surface area (Å²) >= 11 is 1.61. The van der Waals surface area contributed by atoms with E-state index in [4.69, 9.17) is 4.74 Å². The number of carbonyl (C=O) groups excluding carboxylic acids is 2. The van der Waals surface area contributed by atoms with Crippen LogP contribution in [0.15, 0.2) is 17.5 Å². The van der Waals surface area contributed by atoms with E-state index in [-0.39, 0.29) is 10.8 Å². The summed E-state index contributed by atoms with van der Waals surface area (Å²) in [6.07, 6.45) is 1.49. The minimum absolute atomic E-state index is 0.117. The molecule has 1 aromatic rings. The first-order valence-corrected chi connectivity index (χ1v) is 13.8. The number of amides is 1. The Morgan fingerprint density at radius 1 is 1.27 bits per heavy atom. The summed E-state index contributed by atoms with van der Waals surface area (Å²) in [6.45, 7) is 11.4. The van der Waals surface area contributed by atoms with Gasteiger partial charge in [-0.1, -0.05) is 19.9 Å². The second kappa shape index (κ2) is 10.6. The van der Waals surface area contributed by atoms with Crippen LogP contribution in [-0.2, 0) is 24.5 Å². The van der Waals surface area contributed by atoms with E-state index in [0.717, 1.165) is 17.7 Å². The van der Waals surface area contributed by atoms with Gasteiger partial charge in [-0.25, -0.2) is 9.59 Å². The molecule has 2 heterocycles. The van der Waals surface area contributed by atoms with Gasteiger partial charge in [0, 0.05) is 23.3 Å². The maximum absolute atomic E-state index is 13.2. The molecule has 1 aromatic heterocycles. The number of aliphatic hydroxyl groups excluding tert-OH is 1. The van der Waals surface area contributed by atoms with Crippen LogP contribution in [0, 0.1) is 5.41 Å². The summed E-state index contributed by atoms with van der Waals surface area (Å²) in [7, 11) is 0. The lowest BCUT2D eigenvalue weighted by atomic mass is 9.52. The Kier molecular flexibility index (Phi) is 8.49. The molecule has 2 unspecified atom stereocenters. The van der Waals surface area contributed by atoms with Crippen molar-refractivity contribution < 1.29 is 34.4 Å². The zero-order valence-corrected chi connectivity index (χ0v) is 23.6. The number of carboxylic acid groups (broad SMARTS) is 1. The molecule has 10 heteroatoms. The van der Waals surface area contributed by atoms with E-state index in [2.05, 4.69) is 19.2 Å². The number of nitrogens with one attached hydrogen (secondary N) is 1. The standard InChI is InChI=1S/C27H42N2O7S/c1-17(21(31)29-11-7-9-19(29)22(32)36-24(2,3)4)28-27(35,23(33)34)14-18(30)13-26(15-25(5,6)16-26)20-10-8-12-37-20/h8,10,12,17-19,28,30,35H,7,9,11,13-16H2,1-6H3,(H,33,34)/t17-,18?,19-,27?/m0/s1. The van der Waals surface area contributed by atoms with Crippen LogP contribution in [0.5, 0.6) is 0 Å². The Balaban J connectivity index is 1.68. The van der Waals surface area contributed by atoms with Gasteiger partial charge in [-0.3, -0.25) is 10.1 Å². The van der Waals surface area contributed by atoms with Gasteiger partial charge in [0.25, 0.3) is 0 Å². The van der Waals surface area contributed by atoms with Crippen molar-refractivity contribution in [2.24, 2.45) is 5.41 Å². The molecule has 1 saturated heterocycles. The van der Waals surface area contributed by atoms with E-state index in [0.29, 0.717) is 25.8 Å². The van der Waals surface area contributed by atoms with Crippen LogP contribution in [0.3, 0.4) is 0 Å². The molecule has 1 amide bonds. The van der Waals surface area contributed by atoms with Gasteiger partial charge in [-0.05, 0) is 76.7 Å². The Morgan fingerprint density at radius 3 is 2.43 bits per heavy atom. The first kappa shape index (κ1) is 29.5. The number of carboxylic acids is 1. The van der Waals surface area contributed by atoms with Gasteiger partial charge in [0.15, 0.2) is 0 Å². The first-order chi connectivity index (χ1) is 17.0. The lowest BCUT2D eigenvalue weighted by molar-refractivity contribution is -0.171. The summed E-state index contributed by atoms with van der Waals surface area (Å²) < 4.78 is 5.45. The van der Waals surface area contributed by atoms with Gasteiger partial charge in [-0.15, -0.1) is 11.3 Å². The predicted molar refractivity (Wildman–Crippen MR) is 140 cm³/mol. The van der Waals surface area contributed by atoms with Gasteiger partial charge in [0.2, 0.25) is 11.6 Å². The highest BCUT2D eigenvalue weighted by atomic mass is 32.1. The number of hydrogen-bond acceptors (Lipinski definition) is 8. The molecule has 0 bridgehead atoms. The third kappa shape index (κ3) is 6.90. The van der Waals surface area contributed by atoms with Crippen LogP contribution in [0.1, 0.15) is 84.9 Å². The summed E-state index contributed by atoms with van der Waals surface area (Å²) in [5, 5.41) is 36.4. The van der Waals surface area contributed by atoms with Crippen molar-refractivity contribution >= 4 is 29.2 Å². The molecule has 3 rings (SSSR count). The van der Waals surface area contributed by atoms with E-state index in [1.807, 2.05) is 17.5 Å². The number of aliphatic carboxylic acids is 1. The summed E-state index contributed by atoms with van der Waals surface area (Å²) in [6, 6.07) is 2.13. The number of nitrogens with zero attached hydrogens (tertiary/aromatic N) is 1. The molecule has 0 aromatic carbocycles. The Labute approximate surface area is 223 Å². The Morgan fingerprint density at radius 2 is 1.92 bits per heavy atom. The maximum Gasteiger partial charge on any atom is 0.351 e. The second-order valence-corrected chi connectivity index (χ2v) is 13.5. The number of carbonyl (C=O) groups is 3. The molecule has 208 valence electrons.